The monoisotopic (exact) mass is 354 g/mol. The maximum Gasteiger partial charge on any atom is 0.253 e. The van der Waals surface area contributed by atoms with Crippen molar-refractivity contribution >= 4 is 11.6 Å². The lowest BCUT2D eigenvalue weighted by Crippen LogP contribution is -2.48. The van der Waals surface area contributed by atoms with Crippen molar-refractivity contribution in [3.63, 3.8) is 0 Å². The molecule has 1 fully saturated rings. The summed E-state index contributed by atoms with van der Waals surface area (Å²) in [6.45, 7) is 7.13. The van der Waals surface area contributed by atoms with Gasteiger partial charge in [-0.2, -0.15) is 0 Å². The lowest BCUT2D eigenvalue weighted by molar-refractivity contribution is 0.0747. The molecule has 26 heavy (non-hydrogen) atoms. The number of nitrogens with zero attached hydrogens (tertiary/aromatic N) is 2. The van der Waals surface area contributed by atoms with E-state index in [-0.39, 0.29) is 12.0 Å². The molecule has 2 aromatic carbocycles. The third-order valence-corrected chi connectivity index (χ3v) is 4.48. The molecule has 0 atom stereocenters. The summed E-state index contributed by atoms with van der Waals surface area (Å²) in [6.07, 6.45) is 0.174. The second-order valence-electron chi connectivity index (χ2n) is 6.67. The van der Waals surface area contributed by atoms with E-state index in [4.69, 9.17) is 9.47 Å². The van der Waals surface area contributed by atoms with E-state index < -0.39 is 0 Å². The van der Waals surface area contributed by atoms with Gasteiger partial charge in [0.1, 0.15) is 11.5 Å². The Labute approximate surface area is 155 Å². The van der Waals surface area contributed by atoms with Gasteiger partial charge in [-0.3, -0.25) is 4.79 Å². The van der Waals surface area contributed by atoms with Crippen LogP contribution in [-0.4, -0.2) is 50.2 Å². The van der Waals surface area contributed by atoms with Gasteiger partial charge in [0.2, 0.25) is 0 Å². The Kier molecular flexibility index (Phi) is 5.66. The molecular formula is C21H26N2O3. The highest BCUT2D eigenvalue weighted by Crippen LogP contribution is 2.22. The smallest absolute Gasteiger partial charge is 0.253 e. The van der Waals surface area contributed by atoms with Crippen molar-refractivity contribution in [1.29, 1.82) is 0 Å². The number of methoxy groups -OCH3 is 1. The van der Waals surface area contributed by atoms with Crippen molar-refractivity contribution < 1.29 is 14.3 Å². The van der Waals surface area contributed by atoms with Crippen molar-refractivity contribution in [2.45, 2.75) is 20.0 Å². The molecule has 0 unspecified atom stereocenters. The third kappa shape index (κ3) is 4.28. The fourth-order valence-corrected chi connectivity index (χ4v) is 3.09. The van der Waals surface area contributed by atoms with Crippen molar-refractivity contribution in [1.82, 2.24) is 4.90 Å². The van der Waals surface area contributed by atoms with E-state index in [0.717, 1.165) is 43.4 Å². The molecule has 1 saturated heterocycles. The van der Waals surface area contributed by atoms with Crippen molar-refractivity contribution in [3.05, 3.63) is 54.1 Å². The zero-order chi connectivity index (χ0) is 18.5. The molecule has 1 aliphatic heterocycles. The summed E-state index contributed by atoms with van der Waals surface area (Å²) >= 11 is 0. The van der Waals surface area contributed by atoms with Gasteiger partial charge in [0.05, 0.1) is 13.2 Å². The predicted molar refractivity (Wildman–Crippen MR) is 103 cm³/mol. The average molecular weight is 354 g/mol. The van der Waals surface area contributed by atoms with E-state index >= 15 is 0 Å². The van der Waals surface area contributed by atoms with Gasteiger partial charge in [0.25, 0.3) is 5.91 Å². The van der Waals surface area contributed by atoms with E-state index in [9.17, 15) is 4.79 Å². The van der Waals surface area contributed by atoms with Gasteiger partial charge in [-0.15, -0.1) is 0 Å². The minimum atomic E-state index is 0.0768. The molecule has 1 aliphatic rings. The van der Waals surface area contributed by atoms with Gasteiger partial charge in [0.15, 0.2) is 0 Å². The number of anilines is 1. The summed E-state index contributed by atoms with van der Waals surface area (Å²) in [6, 6.07) is 15.5. The first-order valence-electron chi connectivity index (χ1n) is 9.02. The van der Waals surface area contributed by atoms with Gasteiger partial charge in [-0.05, 0) is 62.4 Å². The highest BCUT2D eigenvalue weighted by atomic mass is 16.5. The largest absolute Gasteiger partial charge is 0.497 e. The number of hydrogen-bond acceptors (Lipinski definition) is 4. The number of carbonyl (C=O) groups excluding carboxylic acids is 1. The van der Waals surface area contributed by atoms with Crippen LogP contribution in [0.3, 0.4) is 0 Å². The van der Waals surface area contributed by atoms with Crippen LogP contribution in [0, 0.1) is 0 Å². The summed E-state index contributed by atoms with van der Waals surface area (Å²) in [5, 5.41) is 0. The number of ether oxygens (including phenoxy) is 2. The summed E-state index contributed by atoms with van der Waals surface area (Å²) in [4.78, 5) is 16.9. The lowest BCUT2D eigenvalue weighted by Gasteiger charge is -2.36. The molecule has 5 nitrogen and oxygen atoms in total. The Morgan fingerprint density at radius 1 is 0.885 bits per heavy atom. The molecule has 0 N–H and O–H groups in total. The first-order valence-corrected chi connectivity index (χ1v) is 9.02. The first kappa shape index (κ1) is 18.1. The van der Waals surface area contributed by atoms with Gasteiger partial charge >= 0.3 is 0 Å². The minimum Gasteiger partial charge on any atom is -0.497 e. The molecule has 0 bridgehead atoms. The Balaban J connectivity index is 1.57. The molecule has 1 heterocycles. The zero-order valence-electron chi connectivity index (χ0n) is 15.6. The zero-order valence-corrected chi connectivity index (χ0v) is 15.6. The molecule has 0 saturated carbocycles. The number of rotatable bonds is 5. The summed E-state index contributed by atoms with van der Waals surface area (Å²) in [5.74, 6) is 1.72. The maximum absolute atomic E-state index is 12.6. The fourth-order valence-electron chi connectivity index (χ4n) is 3.09. The predicted octanol–water partition coefficient (Wildman–Crippen LogP) is 3.44. The SMILES string of the molecule is COc1ccc(C(=O)N2CCN(c3ccc(OC(C)C)cc3)CC2)cc1. The summed E-state index contributed by atoms with van der Waals surface area (Å²) < 4.78 is 10.8. The average Bonchev–Trinajstić information content (AvgIpc) is 2.68. The van der Waals surface area contributed by atoms with Crippen LogP contribution in [0.1, 0.15) is 24.2 Å². The number of hydrogen-bond donors (Lipinski definition) is 0. The van der Waals surface area contributed by atoms with E-state index in [2.05, 4.69) is 17.0 Å². The van der Waals surface area contributed by atoms with Crippen LogP contribution in [0.5, 0.6) is 11.5 Å². The van der Waals surface area contributed by atoms with Crippen molar-refractivity contribution in [2.24, 2.45) is 0 Å². The van der Waals surface area contributed by atoms with Crippen LogP contribution in [0.15, 0.2) is 48.5 Å². The number of piperazine rings is 1. The fraction of sp³-hybridized carbons (Fsp3) is 0.381. The molecule has 0 aliphatic carbocycles. The highest BCUT2D eigenvalue weighted by molar-refractivity contribution is 5.94. The number of amides is 1. The van der Waals surface area contributed by atoms with Crippen LogP contribution >= 0.6 is 0 Å². The summed E-state index contributed by atoms with van der Waals surface area (Å²) in [5.41, 5.74) is 1.87. The third-order valence-electron chi connectivity index (χ3n) is 4.48. The summed E-state index contributed by atoms with van der Waals surface area (Å²) in [7, 11) is 1.62. The van der Waals surface area contributed by atoms with Gasteiger partial charge in [-0.25, -0.2) is 0 Å². The van der Waals surface area contributed by atoms with Crippen LogP contribution in [0.4, 0.5) is 5.69 Å². The molecule has 5 heteroatoms. The topological polar surface area (TPSA) is 42.0 Å². The van der Waals surface area contributed by atoms with E-state index in [0.29, 0.717) is 5.56 Å². The Morgan fingerprint density at radius 3 is 2.00 bits per heavy atom. The van der Waals surface area contributed by atoms with E-state index in [1.54, 1.807) is 7.11 Å². The standard InChI is InChI=1S/C21H26N2O3/c1-16(2)26-20-10-6-18(7-11-20)22-12-14-23(15-13-22)21(24)17-4-8-19(25-3)9-5-17/h4-11,16H,12-15H2,1-3H3. The van der Waals surface area contributed by atoms with Crippen LogP contribution in [0.2, 0.25) is 0 Å². The maximum atomic E-state index is 12.6. The lowest BCUT2D eigenvalue weighted by atomic mass is 10.1. The Bertz CT molecular complexity index is 718. The Morgan fingerprint density at radius 2 is 1.46 bits per heavy atom. The van der Waals surface area contributed by atoms with Crippen LogP contribution < -0.4 is 14.4 Å². The molecular weight excluding hydrogens is 328 g/mol. The van der Waals surface area contributed by atoms with Crippen molar-refractivity contribution in [3.8, 4) is 11.5 Å². The second kappa shape index (κ2) is 8.13. The molecule has 138 valence electrons. The van der Waals surface area contributed by atoms with Gasteiger partial charge < -0.3 is 19.3 Å². The number of carbonyl (C=O) groups is 1. The molecule has 0 spiro atoms. The quantitative estimate of drug-likeness (QED) is 0.825. The van der Waals surface area contributed by atoms with Crippen molar-refractivity contribution in [2.75, 3.05) is 38.2 Å². The number of benzene rings is 2. The normalized spacial score (nSPS) is 14.5. The molecule has 3 rings (SSSR count). The Hall–Kier alpha value is -2.69. The van der Waals surface area contributed by atoms with Crippen LogP contribution in [0.25, 0.3) is 0 Å². The minimum absolute atomic E-state index is 0.0768. The molecule has 0 aromatic heterocycles. The van der Waals surface area contributed by atoms with E-state index in [1.807, 2.05) is 55.1 Å². The molecule has 2 aromatic rings. The second-order valence-corrected chi connectivity index (χ2v) is 6.67. The molecule has 1 amide bonds. The van der Waals surface area contributed by atoms with E-state index in [1.165, 1.54) is 0 Å². The highest BCUT2D eigenvalue weighted by Gasteiger charge is 2.22. The molecule has 0 radical (unpaired) electrons. The van der Waals surface area contributed by atoms with Gasteiger partial charge in [0, 0.05) is 37.4 Å². The van der Waals surface area contributed by atoms with Crippen LogP contribution in [-0.2, 0) is 0 Å². The first-order chi connectivity index (χ1) is 12.6. The van der Waals surface area contributed by atoms with Gasteiger partial charge in [-0.1, -0.05) is 0 Å².